The molecule has 0 aliphatic carbocycles. The Kier molecular flexibility index (Phi) is 6.12. The summed E-state index contributed by atoms with van der Waals surface area (Å²) in [5.74, 6) is -1.35. The highest BCUT2D eigenvalue weighted by atomic mass is 32.1. The van der Waals surface area contributed by atoms with E-state index in [0.717, 1.165) is 16.2 Å². The Morgan fingerprint density at radius 1 is 1.14 bits per heavy atom. The topological polar surface area (TPSA) is 92.8 Å². The lowest BCUT2D eigenvalue weighted by Crippen LogP contribution is -2.28. The molecule has 0 saturated heterocycles. The molecule has 0 unspecified atom stereocenters. The molecule has 2 aromatic rings. The molecule has 152 valence electrons. The largest absolute Gasteiger partial charge is 0.462 e. The molecule has 0 radical (unpaired) electrons. The molecule has 0 atom stereocenters. The Hall–Kier alpha value is -3.00. The van der Waals surface area contributed by atoms with Gasteiger partial charge in [-0.15, -0.1) is 11.3 Å². The molecule has 0 spiro atoms. The van der Waals surface area contributed by atoms with Crippen LogP contribution < -0.4 is 5.32 Å². The molecule has 29 heavy (non-hydrogen) atoms. The molecule has 3 rings (SSSR count). The van der Waals surface area contributed by atoms with Crippen molar-refractivity contribution in [1.29, 1.82) is 0 Å². The second kappa shape index (κ2) is 8.57. The van der Waals surface area contributed by atoms with E-state index in [9.17, 15) is 19.2 Å². The number of rotatable bonds is 7. The van der Waals surface area contributed by atoms with Crippen molar-refractivity contribution in [2.75, 3.05) is 11.9 Å². The first-order chi connectivity index (χ1) is 13.8. The first-order valence-electron chi connectivity index (χ1n) is 9.36. The molecule has 2 heterocycles. The number of thiophene rings is 1. The number of carbonyl (C=O) groups excluding carboxylic acids is 4. The maximum Gasteiger partial charge on any atom is 0.341 e. The van der Waals surface area contributed by atoms with Crippen LogP contribution in [0.15, 0.2) is 30.3 Å². The number of carbonyl (C=O) groups is 4. The number of fused-ring (bicyclic) bond motifs is 1. The molecule has 3 amide bonds. The van der Waals surface area contributed by atoms with Crippen LogP contribution in [-0.4, -0.2) is 35.2 Å². The SMILES string of the molecule is CCOC(=O)c1cc(CN2C(=O)c3ccccc3C2=O)sc1NC(=O)CC(C)C. The summed E-state index contributed by atoms with van der Waals surface area (Å²) in [5, 5.41) is 3.12. The first-order valence-corrected chi connectivity index (χ1v) is 10.2. The van der Waals surface area contributed by atoms with Crippen LogP contribution >= 0.6 is 11.3 Å². The van der Waals surface area contributed by atoms with Crippen LogP contribution in [-0.2, 0) is 16.1 Å². The third-order valence-corrected chi connectivity index (χ3v) is 5.35. The Morgan fingerprint density at radius 3 is 2.31 bits per heavy atom. The third-order valence-electron chi connectivity index (χ3n) is 4.32. The second-order valence-electron chi connectivity index (χ2n) is 7.06. The molecule has 0 bridgehead atoms. The standard InChI is InChI=1S/C21H22N2O5S/c1-4-28-21(27)16-10-13(29-18(16)22-17(24)9-12(2)3)11-23-19(25)14-7-5-6-8-15(14)20(23)26/h5-8,10,12H,4,9,11H2,1-3H3,(H,22,24). The lowest BCUT2D eigenvalue weighted by atomic mass is 10.1. The minimum absolute atomic E-state index is 0.0173. The van der Waals surface area contributed by atoms with Crippen molar-refractivity contribution in [2.24, 2.45) is 5.92 Å². The summed E-state index contributed by atoms with van der Waals surface area (Å²) in [7, 11) is 0. The molecule has 8 heteroatoms. The summed E-state index contributed by atoms with van der Waals surface area (Å²) in [6, 6.07) is 8.22. The van der Waals surface area contributed by atoms with Gasteiger partial charge in [0.25, 0.3) is 11.8 Å². The van der Waals surface area contributed by atoms with Crippen LogP contribution in [0, 0.1) is 5.92 Å². The molecule has 1 aromatic heterocycles. The summed E-state index contributed by atoms with van der Waals surface area (Å²) in [6.45, 7) is 5.76. The quantitative estimate of drug-likeness (QED) is 0.551. The number of nitrogens with one attached hydrogen (secondary N) is 1. The van der Waals surface area contributed by atoms with Crippen LogP contribution in [0.2, 0.25) is 0 Å². The Bertz CT molecular complexity index is 944. The van der Waals surface area contributed by atoms with Crippen molar-refractivity contribution in [2.45, 2.75) is 33.7 Å². The number of hydrogen-bond donors (Lipinski definition) is 1. The van der Waals surface area contributed by atoms with E-state index in [-0.39, 0.29) is 42.4 Å². The van der Waals surface area contributed by atoms with Crippen LogP contribution in [0.5, 0.6) is 0 Å². The van der Waals surface area contributed by atoms with Crippen molar-refractivity contribution < 1.29 is 23.9 Å². The predicted molar refractivity (Wildman–Crippen MR) is 109 cm³/mol. The van der Waals surface area contributed by atoms with E-state index in [0.29, 0.717) is 27.4 Å². The van der Waals surface area contributed by atoms with Gasteiger partial charge in [-0.3, -0.25) is 19.3 Å². The van der Waals surface area contributed by atoms with Gasteiger partial charge in [0.15, 0.2) is 0 Å². The Morgan fingerprint density at radius 2 is 1.76 bits per heavy atom. The van der Waals surface area contributed by atoms with E-state index >= 15 is 0 Å². The van der Waals surface area contributed by atoms with Gasteiger partial charge in [0.05, 0.1) is 29.8 Å². The lowest BCUT2D eigenvalue weighted by Gasteiger charge is -2.12. The monoisotopic (exact) mass is 414 g/mol. The molecule has 0 saturated carbocycles. The van der Waals surface area contributed by atoms with Gasteiger partial charge in [-0.2, -0.15) is 0 Å². The number of ether oxygens (including phenoxy) is 1. The minimum atomic E-state index is -0.558. The van der Waals surface area contributed by atoms with Gasteiger partial charge >= 0.3 is 5.97 Å². The van der Waals surface area contributed by atoms with Crippen LogP contribution in [0.4, 0.5) is 5.00 Å². The smallest absolute Gasteiger partial charge is 0.341 e. The molecule has 1 aliphatic rings. The predicted octanol–water partition coefficient (Wildman–Crippen LogP) is 3.71. The number of benzene rings is 1. The summed E-state index contributed by atoms with van der Waals surface area (Å²) in [5.41, 5.74) is 0.954. The first kappa shape index (κ1) is 20.7. The summed E-state index contributed by atoms with van der Waals surface area (Å²) in [6.07, 6.45) is 0.313. The minimum Gasteiger partial charge on any atom is -0.462 e. The Balaban J connectivity index is 1.85. The van der Waals surface area contributed by atoms with Crippen molar-refractivity contribution in [3.63, 3.8) is 0 Å². The third kappa shape index (κ3) is 4.37. The van der Waals surface area contributed by atoms with Gasteiger partial charge in [-0.1, -0.05) is 26.0 Å². The maximum absolute atomic E-state index is 12.6. The number of esters is 1. The van der Waals surface area contributed by atoms with E-state index in [4.69, 9.17) is 4.74 Å². The second-order valence-corrected chi connectivity index (χ2v) is 8.20. The average molecular weight is 414 g/mol. The van der Waals surface area contributed by atoms with Gasteiger partial charge in [0, 0.05) is 11.3 Å². The highest BCUT2D eigenvalue weighted by Gasteiger charge is 2.35. The molecule has 1 aromatic carbocycles. The summed E-state index contributed by atoms with van der Waals surface area (Å²) >= 11 is 1.16. The van der Waals surface area contributed by atoms with Gasteiger partial charge in [-0.25, -0.2) is 4.79 Å². The number of nitrogens with zero attached hydrogens (tertiary/aromatic N) is 1. The van der Waals surface area contributed by atoms with E-state index in [1.807, 2.05) is 13.8 Å². The number of imide groups is 1. The summed E-state index contributed by atoms with van der Waals surface area (Å²) < 4.78 is 5.08. The number of hydrogen-bond acceptors (Lipinski definition) is 6. The normalized spacial score (nSPS) is 13.0. The zero-order valence-corrected chi connectivity index (χ0v) is 17.3. The molecule has 7 nitrogen and oxygen atoms in total. The van der Waals surface area contributed by atoms with Crippen molar-refractivity contribution >= 4 is 40.0 Å². The van der Waals surface area contributed by atoms with Crippen molar-refractivity contribution in [3.05, 3.63) is 51.9 Å². The fraction of sp³-hybridized carbons (Fsp3) is 0.333. The van der Waals surface area contributed by atoms with Crippen molar-refractivity contribution in [3.8, 4) is 0 Å². The molecule has 0 fully saturated rings. The molecule has 1 aliphatic heterocycles. The van der Waals surface area contributed by atoms with Gasteiger partial charge in [0.2, 0.25) is 5.91 Å². The van der Waals surface area contributed by atoms with Gasteiger partial charge in [-0.05, 0) is 31.0 Å². The molecular formula is C21H22N2O5S. The highest BCUT2D eigenvalue weighted by molar-refractivity contribution is 7.16. The Labute approximate surface area is 172 Å². The fourth-order valence-electron chi connectivity index (χ4n) is 3.06. The van der Waals surface area contributed by atoms with Gasteiger partial charge in [0.1, 0.15) is 5.00 Å². The number of amides is 3. The van der Waals surface area contributed by atoms with Gasteiger partial charge < -0.3 is 10.1 Å². The van der Waals surface area contributed by atoms with E-state index in [1.54, 1.807) is 37.3 Å². The van der Waals surface area contributed by atoms with Crippen LogP contribution in [0.1, 0.15) is 63.1 Å². The zero-order valence-electron chi connectivity index (χ0n) is 16.5. The van der Waals surface area contributed by atoms with Crippen molar-refractivity contribution in [1.82, 2.24) is 4.90 Å². The molecule has 1 N–H and O–H groups in total. The molecular weight excluding hydrogens is 392 g/mol. The number of anilines is 1. The van der Waals surface area contributed by atoms with E-state index in [2.05, 4.69) is 5.32 Å². The zero-order chi connectivity index (χ0) is 21.1. The lowest BCUT2D eigenvalue weighted by molar-refractivity contribution is -0.116. The fourth-order valence-corrected chi connectivity index (χ4v) is 4.11. The maximum atomic E-state index is 12.6. The van der Waals surface area contributed by atoms with E-state index in [1.165, 1.54) is 0 Å². The average Bonchev–Trinajstić information content (AvgIpc) is 3.16. The highest BCUT2D eigenvalue weighted by Crippen LogP contribution is 2.32. The van der Waals surface area contributed by atoms with Crippen LogP contribution in [0.25, 0.3) is 0 Å². The summed E-state index contributed by atoms with van der Waals surface area (Å²) in [4.78, 5) is 51.4. The van der Waals surface area contributed by atoms with Crippen LogP contribution in [0.3, 0.4) is 0 Å². The van der Waals surface area contributed by atoms with E-state index < -0.39 is 5.97 Å².